The van der Waals surface area contributed by atoms with Gasteiger partial charge in [-0.05, 0) is 78.0 Å². The molecule has 0 unspecified atom stereocenters. The van der Waals surface area contributed by atoms with Gasteiger partial charge in [0.05, 0.1) is 15.3 Å². The Hall–Kier alpha value is -2.74. The number of benzene rings is 1. The van der Waals surface area contributed by atoms with Crippen LogP contribution in [-0.2, 0) is 9.53 Å². The summed E-state index contributed by atoms with van der Waals surface area (Å²) >= 11 is 4.70. The molecule has 1 saturated carbocycles. The van der Waals surface area contributed by atoms with Crippen molar-refractivity contribution in [1.82, 2.24) is 5.32 Å². The van der Waals surface area contributed by atoms with Crippen molar-refractivity contribution in [2.75, 3.05) is 30.0 Å². The topological polar surface area (TPSA) is 107 Å². The number of halogens is 1. The molecule has 1 saturated heterocycles. The summed E-state index contributed by atoms with van der Waals surface area (Å²) in [5.41, 5.74) is 1.61. The minimum atomic E-state index is -0.892. The number of nitriles is 1. The van der Waals surface area contributed by atoms with Crippen LogP contribution in [0.2, 0.25) is 0 Å². The number of morpholine rings is 1. The molecular weight excluding hydrogens is 494 g/mol. The van der Waals surface area contributed by atoms with Gasteiger partial charge in [-0.2, -0.15) is 10.3 Å². The predicted molar refractivity (Wildman–Crippen MR) is 127 cm³/mol. The lowest BCUT2D eigenvalue weighted by atomic mass is 9.75. The van der Waals surface area contributed by atoms with Gasteiger partial charge in [-0.1, -0.05) is 0 Å². The molecule has 0 atom stereocenters. The largest absolute Gasteiger partial charge is 0.372 e. The molecule has 2 fully saturated rings. The van der Waals surface area contributed by atoms with Gasteiger partial charge in [0.25, 0.3) is 5.91 Å². The number of rotatable bonds is 5. The lowest BCUT2D eigenvalue weighted by Gasteiger charge is -2.40. The van der Waals surface area contributed by atoms with Crippen LogP contribution in [0.25, 0.3) is 0 Å². The number of amidine groups is 1. The summed E-state index contributed by atoms with van der Waals surface area (Å²) in [5, 5.41) is 14.9. The maximum absolute atomic E-state index is 13.1. The number of amides is 2. The first kappa shape index (κ1) is 22.5. The maximum Gasteiger partial charge on any atom is 0.262 e. The normalized spacial score (nSPS) is 18.5. The number of hydrogen-bond acceptors (Lipinski definition) is 6. The molecular formula is C22H22BrN5O3S. The first-order valence-electron chi connectivity index (χ1n) is 10.2. The second kappa shape index (κ2) is 9.40. The maximum atomic E-state index is 13.1. The summed E-state index contributed by atoms with van der Waals surface area (Å²) < 4.78 is 6.28. The van der Waals surface area contributed by atoms with E-state index in [9.17, 15) is 9.59 Å². The van der Waals surface area contributed by atoms with E-state index in [0.29, 0.717) is 42.4 Å². The van der Waals surface area contributed by atoms with E-state index in [1.807, 2.05) is 42.3 Å². The predicted octanol–water partition coefficient (Wildman–Crippen LogP) is 3.83. The molecule has 1 aromatic heterocycles. The van der Waals surface area contributed by atoms with Crippen LogP contribution in [0.4, 0.5) is 11.4 Å². The van der Waals surface area contributed by atoms with Crippen LogP contribution in [0.3, 0.4) is 0 Å². The van der Waals surface area contributed by atoms with Gasteiger partial charge in [0.1, 0.15) is 18.0 Å². The van der Waals surface area contributed by atoms with Crippen molar-refractivity contribution in [1.29, 1.82) is 5.26 Å². The van der Waals surface area contributed by atoms with Crippen LogP contribution >= 0.6 is 27.3 Å². The summed E-state index contributed by atoms with van der Waals surface area (Å²) in [6.07, 6.45) is 3.93. The Balaban J connectivity index is 1.48. The third kappa shape index (κ3) is 4.55. The van der Waals surface area contributed by atoms with Crippen LogP contribution in [0.15, 0.2) is 39.1 Å². The second-order valence-electron chi connectivity index (χ2n) is 7.78. The first-order chi connectivity index (χ1) is 15.4. The molecule has 0 radical (unpaired) electrons. The number of hydrogen-bond donors (Lipinski definition) is 2. The molecule has 1 aliphatic carbocycles. The van der Waals surface area contributed by atoms with E-state index in [1.165, 1.54) is 11.3 Å². The van der Waals surface area contributed by atoms with Gasteiger partial charge < -0.3 is 20.3 Å². The van der Waals surface area contributed by atoms with Gasteiger partial charge in [0.15, 0.2) is 0 Å². The van der Waals surface area contributed by atoms with Crippen LogP contribution in [-0.4, -0.2) is 42.9 Å². The van der Waals surface area contributed by atoms with E-state index in [1.54, 1.807) is 6.07 Å². The molecule has 0 spiro atoms. The minimum absolute atomic E-state index is 0.210. The Morgan fingerprint density at radius 2 is 2.12 bits per heavy atom. The van der Waals surface area contributed by atoms with Crippen LogP contribution < -0.4 is 15.5 Å². The van der Waals surface area contributed by atoms with Crippen molar-refractivity contribution in [2.45, 2.75) is 31.7 Å². The van der Waals surface area contributed by atoms with E-state index < -0.39 is 5.54 Å². The molecule has 2 aliphatic rings. The van der Waals surface area contributed by atoms with Gasteiger partial charge in [-0.15, -0.1) is 11.3 Å². The lowest BCUT2D eigenvalue weighted by Crippen LogP contribution is -2.61. The van der Waals surface area contributed by atoms with E-state index in [0.717, 1.165) is 21.5 Å². The van der Waals surface area contributed by atoms with E-state index in [4.69, 9.17) is 10.00 Å². The fourth-order valence-electron chi connectivity index (χ4n) is 3.88. The zero-order valence-corrected chi connectivity index (χ0v) is 19.9. The number of aliphatic imine (C=N–C) groups is 1. The second-order valence-corrected chi connectivity index (χ2v) is 10.2. The van der Waals surface area contributed by atoms with E-state index in [2.05, 4.69) is 31.6 Å². The van der Waals surface area contributed by atoms with Gasteiger partial charge in [0.2, 0.25) is 12.1 Å². The van der Waals surface area contributed by atoms with Gasteiger partial charge in [0, 0.05) is 17.9 Å². The van der Waals surface area contributed by atoms with Crippen LogP contribution in [0.5, 0.6) is 0 Å². The molecule has 2 aromatic rings. The zero-order valence-electron chi connectivity index (χ0n) is 17.5. The first-order valence-corrected chi connectivity index (χ1v) is 11.8. The Labute approximate surface area is 198 Å². The summed E-state index contributed by atoms with van der Waals surface area (Å²) in [4.78, 5) is 32.1. The molecule has 0 bridgehead atoms. The van der Waals surface area contributed by atoms with Gasteiger partial charge in [-0.25, -0.2) is 0 Å². The summed E-state index contributed by atoms with van der Waals surface area (Å²) in [7, 11) is 0. The van der Waals surface area contributed by atoms with Crippen LogP contribution in [0, 0.1) is 18.4 Å². The number of carbonyl (C=O) groups excluding carboxylic acids is 2. The average molecular weight is 516 g/mol. The monoisotopic (exact) mass is 515 g/mol. The van der Waals surface area contributed by atoms with E-state index >= 15 is 0 Å². The van der Waals surface area contributed by atoms with Crippen molar-refractivity contribution < 1.29 is 14.3 Å². The fraction of sp³-hybridized carbons (Fsp3) is 0.364. The number of aryl methyl sites for hydroxylation is 1. The van der Waals surface area contributed by atoms with E-state index in [-0.39, 0.29) is 18.4 Å². The molecule has 2 N–H and O–H groups in total. The minimum Gasteiger partial charge on any atom is -0.372 e. The highest BCUT2D eigenvalue weighted by atomic mass is 79.9. The Morgan fingerprint density at radius 3 is 2.75 bits per heavy atom. The standard InChI is InChI=1S/C22H22BrN5O3S/c1-14-11-15(3-4-16(14)28-9-10-31-12-19(28)25-13-24)26-21(30)22(7-2-8-22)27-20(29)17-5-6-18(23)32-17/h3-6,11H,2,7-10,12H2,1H3,(H,26,30)(H,27,29)/b25-19-. The Morgan fingerprint density at radius 1 is 1.31 bits per heavy atom. The third-order valence-electron chi connectivity index (χ3n) is 5.72. The molecule has 8 nitrogen and oxygen atoms in total. The zero-order chi connectivity index (χ0) is 22.7. The lowest BCUT2D eigenvalue weighted by molar-refractivity contribution is -0.125. The van der Waals surface area contributed by atoms with Gasteiger partial charge >= 0.3 is 0 Å². The highest BCUT2D eigenvalue weighted by Gasteiger charge is 2.45. The smallest absolute Gasteiger partial charge is 0.262 e. The molecule has 32 heavy (non-hydrogen) atoms. The number of nitrogens with zero attached hydrogens (tertiary/aromatic N) is 3. The number of carbonyl (C=O) groups is 2. The highest BCUT2D eigenvalue weighted by Crippen LogP contribution is 2.35. The summed E-state index contributed by atoms with van der Waals surface area (Å²) in [5.74, 6) is 0.117. The highest BCUT2D eigenvalue weighted by molar-refractivity contribution is 9.11. The summed E-state index contributed by atoms with van der Waals surface area (Å²) in [6.45, 7) is 3.38. The molecule has 10 heteroatoms. The quantitative estimate of drug-likeness (QED) is 0.588. The van der Waals surface area contributed by atoms with Crippen molar-refractivity contribution in [3.63, 3.8) is 0 Å². The van der Waals surface area contributed by atoms with Crippen molar-refractivity contribution in [3.8, 4) is 6.19 Å². The van der Waals surface area contributed by atoms with Crippen molar-refractivity contribution >= 4 is 56.3 Å². The SMILES string of the molecule is Cc1cc(NC(=O)C2(NC(=O)c3ccc(Br)s3)CCC2)ccc1N1CCOC/C1=N/C#N. The molecule has 1 aromatic carbocycles. The average Bonchev–Trinajstić information content (AvgIpc) is 3.18. The van der Waals surface area contributed by atoms with Gasteiger partial charge in [-0.3, -0.25) is 9.59 Å². The number of nitrogens with one attached hydrogen (secondary N) is 2. The molecule has 166 valence electrons. The van der Waals surface area contributed by atoms with Crippen LogP contribution in [0.1, 0.15) is 34.5 Å². The summed E-state index contributed by atoms with van der Waals surface area (Å²) in [6, 6.07) is 9.17. The number of thiophene rings is 1. The van der Waals surface area contributed by atoms with Crippen molar-refractivity contribution in [2.24, 2.45) is 4.99 Å². The molecule has 2 heterocycles. The molecule has 2 amide bonds. The molecule has 4 rings (SSSR count). The third-order valence-corrected chi connectivity index (χ3v) is 7.34. The Kier molecular flexibility index (Phi) is 6.60. The number of anilines is 2. The molecule has 1 aliphatic heterocycles. The Bertz CT molecular complexity index is 1120. The van der Waals surface area contributed by atoms with Crippen molar-refractivity contribution in [3.05, 3.63) is 44.6 Å². The number of ether oxygens (including phenoxy) is 1. The fourth-order valence-corrected chi connectivity index (χ4v) is 5.16.